The number of carbonyl (C=O) groups is 1. The fraction of sp³-hybridized carbons (Fsp3) is 0.625. The molecule has 5 nitrogen and oxygen atoms in total. The fourth-order valence-electron chi connectivity index (χ4n) is 3.15. The summed E-state index contributed by atoms with van der Waals surface area (Å²) in [6.07, 6.45) is 7.20. The molecule has 1 fully saturated rings. The average Bonchev–Trinajstić information content (AvgIpc) is 2.48. The molecule has 5 heteroatoms. The van der Waals surface area contributed by atoms with Crippen molar-refractivity contribution in [1.29, 1.82) is 0 Å². The topological polar surface area (TPSA) is 80.0 Å². The monoisotopic (exact) mass is 290 g/mol. The maximum absolute atomic E-state index is 12.3. The molecular weight excluding hydrogens is 264 g/mol. The molecule has 0 unspecified atom stereocenters. The molecule has 1 aliphatic carbocycles. The van der Waals surface area contributed by atoms with Crippen LogP contribution in [-0.2, 0) is 0 Å². The Hall–Kier alpha value is -1.62. The number of hydrogen-bond acceptors (Lipinski definition) is 4. The van der Waals surface area contributed by atoms with E-state index in [0.717, 1.165) is 24.5 Å². The molecule has 116 valence electrons. The third kappa shape index (κ3) is 4.43. The Labute approximate surface area is 126 Å². The van der Waals surface area contributed by atoms with E-state index in [1.165, 1.54) is 25.7 Å². The second-order valence-corrected chi connectivity index (χ2v) is 6.01. The van der Waals surface area contributed by atoms with Crippen LogP contribution < -0.4 is 16.6 Å². The maximum atomic E-state index is 12.3. The molecule has 0 radical (unpaired) electrons. The van der Waals surface area contributed by atoms with Crippen molar-refractivity contribution in [3.63, 3.8) is 0 Å². The van der Waals surface area contributed by atoms with Gasteiger partial charge in [-0.1, -0.05) is 19.8 Å². The lowest BCUT2D eigenvalue weighted by atomic mass is 9.83. The first-order valence-corrected chi connectivity index (χ1v) is 7.88. The zero-order valence-corrected chi connectivity index (χ0v) is 13.0. The highest BCUT2D eigenvalue weighted by Gasteiger charge is 2.22. The van der Waals surface area contributed by atoms with Crippen LogP contribution in [0.4, 0.5) is 5.82 Å². The highest BCUT2D eigenvalue weighted by atomic mass is 16.1. The molecule has 0 aliphatic heterocycles. The minimum absolute atomic E-state index is 0.0315. The number of nitrogens with zero attached hydrogens (tertiary/aromatic N) is 1. The van der Waals surface area contributed by atoms with Gasteiger partial charge in [0.1, 0.15) is 5.82 Å². The van der Waals surface area contributed by atoms with Gasteiger partial charge in [-0.3, -0.25) is 4.79 Å². The van der Waals surface area contributed by atoms with Gasteiger partial charge in [0.25, 0.3) is 5.91 Å². The minimum atomic E-state index is -0.0315. The number of nitrogen functional groups attached to an aromatic ring is 1. The molecule has 0 atom stereocenters. The Balaban J connectivity index is 1.92. The van der Waals surface area contributed by atoms with Gasteiger partial charge in [-0.25, -0.2) is 10.8 Å². The normalized spacial score (nSPS) is 21.9. The molecule has 1 heterocycles. The van der Waals surface area contributed by atoms with E-state index in [9.17, 15) is 4.79 Å². The van der Waals surface area contributed by atoms with Crippen LogP contribution >= 0.6 is 0 Å². The largest absolute Gasteiger partial charge is 0.349 e. The standard InChI is InChI=1S/C16H26N4O/c1-3-4-12-5-7-14(8-6-12)19-16(21)13-9-11(2)18-15(10-13)20-17/h9-10,12,14H,3-8,17H2,1-2H3,(H,18,20)(H,19,21). The van der Waals surface area contributed by atoms with Crippen LogP contribution in [0, 0.1) is 12.8 Å². The number of rotatable bonds is 5. The van der Waals surface area contributed by atoms with Crippen LogP contribution in [0.3, 0.4) is 0 Å². The summed E-state index contributed by atoms with van der Waals surface area (Å²) in [5, 5.41) is 3.14. The highest BCUT2D eigenvalue weighted by molar-refractivity contribution is 5.95. The summed E-state index contributed by atoms with van der Waals surface area (Å²) >= 11 is 0. The van der Waals surface area contributed by atoms with Gasteiger partial charge in [0.15, 0.2) is 0 Å². The lowest BCUT2D eigenvalue weighted by Crippen LogP contribution is -2.37. The molecule has 21 heavy (non-hydrogen) atoms. The lowest BCUT2D eigenvalue weighted by Gasteiger charge is -2.29. The molecule has 1 amide bonds. The number of aryl methyl sites for hydroxylation is 1. The first-order chi connectivity index (χ1) is 10.1. The van der Waals surface area contributed by atoms with Crippen molar-refractivity contribution in [1.82, 2.24) is 10.3 Å². The Morgan fingerprint density at radius 2 is 2.05 bits per heavy atom. The lowest BCUT2D eigenvalue weighted by molar-refractivity contribution is 0.0921. The number of nitrogens with one attached hydrogen (secondary N) is 2. The van der Waals surface area contributed by atoms with Crippen LogP contribution in [0.25, 0.3) is 0 Å². The summed E-state index contributed by atoms with van der Waals surface area (Å²) in [6, 6.07) is 3.78. The van der Waals surface area contributed by atoms with Crippen LogP contribution in [0.5, 0.6) is 0 Å². The van der Waals surface area contributed by atoms with Crippen LogP contribution in [-0.4, -0.2) is 16.9 Å². The molecule has 0 spiro atoms. The van der Waals surface area contributed by atoms with Crippen molar-refractivity contribution < 1.29 is 4.79 Å². The smallest absolute Gasteiger partial charge is 0.251 e. The molecule has 0 aromatic carbocycles. The van der Waals surface area contributed by atoms with Crippen LogP contribution in [0.1, 0.15) is 61.5 Å². The number of hydrazine groups is 1. The molecule has 0 saturated heterocycles. The molecule has 2 rings (SSSR count). The van der Waals surface area contributed by atoms with Crippen molar-refractivity contribution >= 4 is 11.7 Å². The predicted molar refractivity (Wildman–Crippen MR) is 84.9 cm³/mol. The van der Waals surface area contributed by atoms with Gasteiger partial charge < -0.3 is 10.7 Å². The van der Waals surface area contributed by atoms with Gasteiger partial charge in [-0.05, 0) is 50.7 Å². The Kier molecular flexibility index (Phi) is 5.56. The van der Waals surface area contributed by atoms with Crippen molar-refractivity contribution in [2.24, 2.45) is 11.8 Å². The molecule has 1 aliphatic rings. The van der Waals surface area contributed by atoms with E-state index in [1.807, 2.05) is 6.92 Å². The van der Waals surface area contributed by atoms with Gasteiger partial charge in [-0.2, -0.15) is 0 Å². The third-order valence-electron chi connectivity index (χ3n) is 4.24. The SMILES string of the molecule is CCCC1CCC(NC(=O)c2cc(C)nc(NN)c2)CC1. The van der Waals surface area contributed by atoms with E-state index in [4.69, 9.17) is 5.84 Å². The summed E-state index contributed by atoms with van der Waals surface area (Å²) in [5.74, 6) is 6.71. The van der Waals surface area contributed by atoms with E-state index < -0.39 is 0 Å². The number of nitrogens with two attached hydrogens (primary N) is 1. The van der Waals surface area contributed by atoms with Crippen molar-refractivity contribution in [2.75, 3.05) is 5.43 Å². The Morgan fingerprint density at radius 1 is 1.33 bits per heavy atom. The number of hydrogen-bond donors (Lipinski definition) is 3. The van der Waals surface area contributed by atoms with Crippen molar-refractivity contribution in [3.05, 3.63) is 23.4 Å². The summed E-state index contributed by atoms with van der Waals surface area (Å²) < 4.78 is 0. The first-order valence-electron chi connectivity index (χ1n) is 7.88. The summed E-state index contributed by atoms with van der Waals surface area (Å²) in [6.45, 7) is 4.09. The summed E-state index contributed by atoms with van der Waals surface area (Å²) in [5.41, 5.74) is 3.89. The Morgan fingerprint density at radius 3 is 2.67 bits per heavy atom. The van der Waals surface area contributed by atoms with E-state index in [-0.39, 0.29) is 5.91 Å². The van der Waals surface area contributed by atoms with E-state index in [1.54, 1.807) is 12.1 Å². The molecule has 1 aromatic rings. The zero-order chi connectivity index (χ0) is 15.2. The quantitative estimate of drug-likeness (QED) is 0.575. The number of aromatic nitrogens is 1. The number of amides is 1. The molecular formula is C16H26N4O. The molecule has 1 saturated carbocycles. The van der Waals surface area contributed by atoms with Crippen molar-refractivity contribution in [2.45, 2.75) is 58.4 Å². The average molecular weight is 290 g/mol. The van der Waals surface area contributed by atoms with Crippen LogP contribution in [0.2, 0.25) is 0 Å². The number of pyridine rings is 1. The second-order valence-electron chi connectivity index (χ2n) is 6.01. The fourth-order valence-corrected chi connectivity index (χ4v) is 3.15. The van der Waals surface area contributed by atoms with Gasteiger partial charge in [-0.15, -0.1) is 0 Å². The molecule has 4 N–H and O–H groups in total. The molecule has 1 aromatic heterocycles. The van der Waals surface area contributed by atoms with Gasteiger partial charge in [0.05, 0.1) is 0 Å². The first kappa shape index (κ1) is 15.8. The third-order valence-corrected chi connectivity index (χ3v) is 4.24. The minimum Gasteiger partial charge on any atom is -0.349 e. The van der Waals surface area contributed by atoms with Crippen LogP contribution in [0.15, 0.2) is 12.1 Å². The van der Waals surface area contributed by atoms with E-state index in [2.05, 4.69) is 22.7 Å². The predicted octanol–water partition coefficient (Wildman–Crippen LogP) is 2.76. The summed E-state index contributed by atoms with van der Waals surface area (Å²) in [4.78, 5) is 16.5. The maximum Gasteiger partial charge on any atom is 0.251 e. The number of anilines is 1. The van der Waals surface area contributed by atoms with E-state index in [0.29, 0.717) is 17.4 Å². The summed E-state index contributed by atoms with van der Waals surface area (Å²) in [7, 11) is 0. The van der Waals surface area contributed by atoms with Gasteiger partial charge in [0.2, 0.25) is 0 Å². The second kappa shape index (κ2) is 7.41. The van der Waals surface area contributed by atoms with E-state index >= 15 is 0 Å². The van der Waals surface area contributed by atoms with Gasteiger partial charge in [0, 0.05) is 17.3 Å². The Bertz CT molecular complexity index is 481. The highest BCUT2D eigenvalue weighted by Crippen LogP contribution is 2.27. The van der Waals surface area contributed by atoms with Gasteiger partial charge >= 0.3 is 0 Å². The zero-order valence-electron chi connectivity index (χ0n) is 13.0. The molecule has 0 bridgehead atoms. The number of carbonyl (C=O) groups excluding carboxylic acids is 1. The van der Waals surface area contributed by atoms with Crippen molar-refractivity contribution in [3.8, 4) is 0 Å².